The lowest BCUT2D eigenvalue weighted by Gasteiger charge is -2.27. The van der Waals surface area contributed by atoms with Crippen LogP contribution in [0.15, 0.2) is 30.5 Å². The molecule has 0 bridgehead atoms. The van der Waals surface area contributed by atoms with E-state index in [1.54, 1.807) is 0 Å². The lowest BCUT2D eigenvalue weighted by molar-refractivity contribution is 0.420. The molecule has 1 saturated carbocycles. The molecule has 1 fully saturated rings. The van der Waals surface area contributed by atoms with Gasteiger partial charge in [-0.1, -0.05) is 37.6 Å². The van der Waals surface area contributed by atoms with Gasteiger partial charge in [-0.15, -0.1) is 0 Å². The lowest BCUT2D eigenvalue weighted by atomic mass is 9.78. The molecular weight excluding hydrogens is 265 g/mol. The van der Waals surface area contributed by atoms with Crippen LogP contribution < -0.4 is 5.32 Å². The Balaban J connectivity index is 1.99. The molecule has 1 N–H and O–H groups in total. The second-order valence-corrected chi connectivity index (χ2v) is 5.53. The third-order valence-electron chi connectivity index (χ3n) is 4.04. The number of hydrogen-bond acceptors (Lipinski definition) is 3. The van der Waals surface area contributed by atoms with Crippen molar-refractivity contribution in [3.8, 4) is 11.3 Å². The second-order valence-electron chi connectivity index (χ2n) is 5.53. The lowest BCUT2D eigenvalue weighted by Crippen LogP contribution is -2.11. The first-order valence-electron chi connectivity index (χ1n) is 7.65. The number of nitrogens with zero attached hydrogens (tertiary/aromatic N) is 2. The summed E-state index contributed by atoms with van der Waals surface area (Å²) in [7, 11) is 0. The average Bonchev–Trinajstić information content (AvgIpc) is 2.45. The van der Waals surface area contributed by atoms with Crippen molar-refractivity contribution in [2.45, 2.75) is 38.5 Å². The zero-order chi connectivity index (χ0) is 14.7. The molecule has 4 heteroatoms. The fourth-order valence-corrected chi connectivity index (χ4v) is 2.67. The molecule has 2 aromatic rings. The summed E-state index contributed by atoms with van der Waals surface area (Å²) in [5, 5.41) is 3.12. The maximum atomic E-state index is 14.2. The van der Waals surface area contributed by atoms with Crippen molar-refractivity contribution in [1.82, 2.24) is 9.97 Å². The maximum Gasteiger partial charge on any atom is 0.223 e. The third kappa shape index (κ3) is 2.89. The van der Waals surface area contributed by atoms with Crippen molar-refractivity contribution in [3.63, 3.8) is 0 Å². The van der Waals surface area contributed by atoms with Crippen molar-refractivity contribution >= 4 is 5.95 Å². The first-order valence-corrected chi connectivity index (χ1v) is 7.65. The first-order chi connectivity index (χ1) is 10.3. The van der Waals surface area contributed by atoms with E-state index in [4.69, 9.17) is 0 Å². The number of benzene rings is 1. The molecular formula is C17H20FN3. The molecule has 1 heterocycles. The number of halogens is 1. The highest BCUT2D eigenvalue weighted by Crippen LogP contribution is 2.41. The van der Waals surface area contributed by atoms with Gasteiger partial charge in [-0.25, -0.2) is 14.4 Å². The minimum absolute atomic E-state index is 0.358. The predicted octanol–water partition coefficient (Wildman–Crippen LogP) is 4.37. The van der Waals surface area contributed by atoms with E-state index in [0.717, 1.165) is 18.5 Å². The van der Waals surface area contributed by atoms with E-state index in [2.05, 4.69) is 28.3 Å². The molecule has 21 heavy (non-hydrogen) atoms. The Hall–Kier alpha value is -1.97. The van der Waals surface area contributed by atoms with Gasteiger partial charge >= 0.3 is 0 Å². The smallest absolute Gasteiger partial charge is 0.223 e. The number of nitrogens with one attached hydrogen (secondary N) is 1. The van der Waals surface area contributed by atoms with Crippen LogP contribution in [0, 0.1) is 5.82 Å². The summed E-state index contributed by atoms with van der Waals surface area (Å²) in [6.07, 6.45) is 5.87. The van der Waals surface area contributed by atoms with E-state index < -0.39 is 0 Å². The molecule has 0 aliphatic heterocycles. The maximum absolute atomic E-state index is 14.2. The van der Waals surface area contributed by atoms with Gasteiger partial charge < -0.3 is 5.32 Å². The Morgan fingerprint density at radius 3 is 2.81 bits per heavy atom. The van der Waals surface area contributed by atoms with Crippen LogP contribution in [-0.4, -0.2) is 16.5 Å². The van der Waals surface area contributed by atoms with Crippen molar-refractivity contribution in [1.29, 1.82) is 0 Å². The highest BCUT2D eigenvalue weighted by Gasteiger charge is 2.24. The monoisotopic (exact) mass is 285 g/mol. The van der Waals surface area contributed by atoms with E-state index in [-0.39, 0.29) is 5.82 Å². The van der Waals surface area contributed by atoms with Crippen LogP contribution >= 0.6 is 0 Å². The zero-order valence-electron chi connectivity index (χ0n) is 12.3. The predicted molar refractivity (Wildman–Crippen MR) is 82.8 cm³/mol. The van der Waals surface area contributed by atoms with Crippen LogP contribution in [0.1, 0.15) is 44.1 Å². The van der Waals surface area contributed by atoms with Gasteiger partial charge in [0.15, 0.2) is 5.82 Å². The van der Waals surface area contributed by atoms with Gasteiger partial charge in [-0.05, 0) is 30.7 Å². The standard InChI is InChI=1S/C17H20FN3/c1-2-10-19-17-20-11-15(18)16(21-17)14-9-4-3-8-13(14)12-6-5-7-12/h3-4,8-9,11-12H,2,5-7,10H2,1H3,(H,19,20,21). The summed E-state index contributed by atoms with van der Waals surface area (Å²) >= 11 is 0. The summed E-state index contributed by atoms with van der Waals surface area (Å²) in [5.41, 5.74) is 2.52. The van der Waals surface area contributed by atoms with Crippen LogP contribution in [0.3, 0.4) is 0 Å². The fourth-order valence-electron chi connectivity index (χ4n) is 2.67. The molecule has 0 saturated heterocycles. The first kappa shape index (κ1) is 14.0. The van der Waals surface area contributed by atoms with Gasteiger partial charge in [0.2, 0.25) is 5.95 Å². The van der Waals surface area contributed by atoms with Crippen LogP contribution in [0.4, 0.5) is 10.3 Å². The molecule has 110 valence electrons. The Kier molecular flexibility index (Phi) is 4.13. The van der Waals surface area contributed by atoms with Crippen molar-refractivity contribution in [2.75, 3.05) is 11.9 Å². The largest absolute Gasteiger partial charge is 0.354 e. The molecule has 3 nitrogen and oxygen atoms in total. The molecule has 0 spiro atoms. The van der Waals surface area contributed by atoms with E-state index in [0.29, 0.717) is 17.6 Å². The quantitative estimate of drug-likeness (QED) is 0.886. The summed E-state index contributed by atoms with van der Waals surface area (Å²) in [6.45, 7) is 2.86. The molecule has 1 aromatic heterocycles. The Labute approximate surface area is 124 Å². The molecule has 0 unspecified atom stereocenters. The number of hydrogen-bond donors (Lipinski definition) is 1. The number of aromatic nitrogens is 2. The highest BCUT2D eigenvalue weighted by molar-refractivity contribution is 5.66. The van der Waals surface area contributed by atoms with Gasteiger partial charge in [0.25, 0.3) is 0 Å². The number of rotatable bonds is 5. The molecule has 1 aliphatic rings. The van der Waals surface area contributed by atoms with Crippen LogP contribution in [-0.2, 0) is 0 Å². The fraction of sp³-hybridized carbons (Fsp3) is 0.412. The minimum atomic E-state index is -0.358. The minimum Gasteiger partial charge on any atom is -0.354 e. The van der Waals surface area contributed by atoms with Gasteiger partial charge in [-0.3, -0.25) is 0 Å². The Morgan fingerprint density at radius 1 is 1.29 bits per heavy atom. The summed E-state index contributed by atoms with van der Waals surface area (Å²) in [4.78, 5) is 8.40. The van der Waals surface area contributed by atoms with E-state index in [1.165, 1.54) is 31.0 Å². The Bertz CT molecular complexity index is 623. The van der Waals surface area contributed by atoms with Gasteiger partial charge in [0, 0.05) is 12.1 Å². The second kappa shape index (κ2) is 6.20. The molecule has 1 aliphatic carbocycles. The average molecular weight is 285 g/mol. The zero-order valence-corrected chi connectivity index (χ0v) is 12.3. The van der Waals surface area contributed by atoms with Crippen LogP contribution in [0.2, 0.25) is 0 Å². The van der Waals surface area contributed by atoms with E-state index in [1.807, 2.05) is 18.2 Å². The van der Waals surface area contributed by atoms with Crippen LogP contribution in [0.5, 0.6) is 0 Å². The van der Waals surface area contributed by atoms with Crippen LogP contribution in [0.25, 0.3) is 11.3 Å². The van der Waals surface area contributed by atoms with Gasteiger partial charge in [0.05, 0.1) is 6.20 Å². The van der Waals surface area contributed by atoms with Crippen molar-refractivity contribution in [3.05, 3.63) is 41.8 Å². The van der Waals surface area contributed by atoms with Crippen molar-refractivity contribution in [2.24, 2.45) is 0 Å². The summed E-state index contributed by atoms with van der Waals surface area (Å²) in [5.74, 6) is 0.683. The summed E-state index contributed by atoms with van der Waals surface area (Å²) < 4.78 is 14.2. The number of anilines is 1. The highest BCUT2D eigenvalue weighted by atomic mass is 19.1. The molecule has 0 radical (unpaired) electrons. The van der Waals surface area contributed by atoms with E-state index >= 15 is 0 Å². The van der Waals surface area contributed by atoms with Gasteiger partial charge in [-0.2, -0.15) is 0 Å². The van der Waals surface area contributed by atoms with Gasteiger partial charge in [0.1, 0.15) is 5.69 Å². The molecule has 1 aromatic carbocycles. The summed E-state index contributed by atoms with van der Waals surface area (Å²) in [6, 6.07) is 8.02. The molecule has 0 amide bonds. The molecule has 0 atom stereocenters. The van der Waals surface area contributed by atoms with E-state index in [9.17, 15) is 4.39 Å². The molecule has 3 rings (SSSR count). The third-order valence-corrected chi connectivity index (χ3v) is 4.04. The normalized spacial score (nSPS) is 14.8. The van der Waals surface area contributed by atoms with Crippen molar-refractivity contribution < 1.29 is 4.39 Å². The Morgan fingerprint density at radius 2 is 2.10 bits per heavy atom. The SMILES string of the molecule is CCCNc1ncc(F)c(-c2ccccc2C2CCC2)n1. The topological polar surface area (TPSA) is 37.8 Å².